The fourth-order valence-electron chi connectivity index (χ4n) is 3.58. The topological polar surface area (TPSA) is 105 Å². The first-order chi connectivity index (χ1) is 15.5. The highest BCUT2D eigenvalue weighted by Gasteiger charge is 2.34. The van der Waals surface area contributed by atoms with Gasteiger partial charge in [0.2, 0.25) is 5.95 Å². The number of anilines is 6. The largest absolute Gasteiger partial charge is 0.399 e. The first-order valence-electron chi connectivity index (χ1n) is 9.84. The minimum atomic E-state index is -0.238. The van der Waals surface area contributed by atoms with Gasteiger partial charge in [0.1, 0.15) is 0 Å². The van der Waals surface area contributed by atoms with E-state index in [2.05, 4.69) is 20.4 Å². The molecule has 1 aliphatic heterocycles. The lowest BCUT2D eigenvalue weighted by atomic mass is 10.1. The third-order valence-electron chi connectivity index (χ3n) is 5.03. The number of nitrogen functional groups attached to an aromatic ring is 1. The second-order valence-corrected chi connectivity index (χ2v) is 7.67. The number of aryl methyl sites for hydroxylation is 1. The smallest absolute Gasteiger partial charge is 0.335 e. The number of nitrogens with one attached hydrogen (secondary N) is 1. The number of nitrogens with zero attached hydrogens (tertiary/aromatic N) is 6. The Balaban J connectivity index is 1.60. The second-order valence-electron chi connectivity index (χ2n) is 7.31. The van der Waals surface area contributed by atoms with E-state index in [-0.39, 0.29) is 6.03 Å². The van der Waals surface area contributed by atoms with Crippen LogP contribution in [0.2, 0.25) is 5.15 Å². The summed E-state index contributed by atoms with van der Waals surface area (Å²) in [5, 5.41) is 7.47. The Hall–Kier alpha value is -4.11. The quantitative estimate of drug-likeness (QED) is 0.448. The molecule has 2 aromatic heterocycles. The zero-order chi connectivity index (χ0) is 22.2. The molecule has 5 rings (SSSR count). The maximum atomic E-state index is 13.6. The van der Waals surface area contributed by atoms with Crippen molar-refractivity contribution in [3.8, 4) is 0 Å². The van der Waals surface area contributed by atoms with Gasteiger partial charge in [0.15, 0.2) is 11.0 Å². The van der Waals surface area contributed by atoms with E-state index >= 15 is 0 Å². The molecule has 0 saturated heterocycles. The predicted octanol–water partition coefficient (Wildman–Crippen LogP) is 4.47. The number of fused-ring (bicyclic) bond motifs is 1. The van der Waals surface area contributed by atoms with Gasteiger partial charge in [-0.1, -0.05) is 35.9 Å². The number of amides is 2. The van der Waals surface area contributed by atoms with Crippen molar-refractivity contribution in [1.29, 1.82) is 0 Å². The molecule has 10 heteroatoms. The number of nitrogens with two attached hydrogens (primary N) is 1. The van der Waals surface area contributed by atoms with Crippen LogP contribution in [0.15, 0.2) is 67.0 Å². The molecule has 0 unspecified atom stereocenters. The maximum Gasteiger partial charge on any atom is 0.335 e. The summed E-state index contributed by atoms with van der Waals surface area (Å²) >= 11 is 6.16. The van der Waals surface area contributed by atoms with Crippen LogP contribution in [0, 0.1) is 0 Å². The molecule has 0 bridgehead atoms. The number of aromatic nitrogens is 4. The van der Waals surface area contributed by atoms with E-state index in [1.807, 2.05) is 36.4 Å². The fraction of sp³-hybridized carbons (Fsp3) is 0.0909. The summed E-state index contributed by atoms with van der Waals surface area (Å²) < 4.78 is 1.59. The monoisotopic (exact) mass is 446 g/mol. The molecule has 0 radical (unpaired) electrons. The highest BCUT2D eigenvalue weighted by molar-refractivity contribution is 6.32. The van der Waals surface area contributed by atoms with Gasteiger partial charge in [-0.15, -0.1) is 0 Å². The molecule has 3 N–H and O–H groups in total. The van der Waals surface area contributed by atoms with Crippen LogP contribution in [0.5, 0.6) is 0 Å². The molecule has 2 aromatic carbocycles. The summed E-state index contributed by atoms with van der Waals surface area (Å²) in [7, 11) is 1.77. The van der Waals surface area contributed by atoms with Crippen LogP contribution in [0.1, 0.15) is 5.56 Å². The Kier molecular flexibility index (Phi) is 4.87. The number of carbonyl (C=O) groups excluding carboxylic acids is 1. The summed E-state index contributed by atoms with van der Waals surface area (Å²) in [5.41, 5.74) is 9.30. The van der Waals surface area contributed by atoms with Crippen LogP contribution < -0.4 is 20.9 Å². The molecule has 3 heterocycles. The molecule has 4 aromatic rings. The van der Waals surface area contributed by atoms with E-state index in [0.717, 1.165) is 11.3 Å². The Morgan fingerprint density at radius 3 is 2.59 bits per heavy atom. The zero-order valence-electron chi connectivity index (χ0n) is 17.1. The van der Waals surface area contributed by atoms with Crippen molar-refractivity contribution in [3.63, 3.8) is 0 Å². The van der Waals surface area contributed by atoms with Crippen molar-refractivity contribution in [2.45, 2.75) is 6.54 Å². The van der Waals surface area contributed by atoms with Crippen molar-refractivity contribution < 1.29 is 4.79 Å². The summed E-state index contributed by atoms with van der Waals surface area (Å²) in [6.07, 6.45) is 3.43. The van der Waals surface area contributed by atoms with E-state index in [9.17, 15) is 4.79 Å². The second kappa shape index (κ2) is 7.86. The fourth-order valence-corrected chi connectivity index (χ4v) is 3.80. The molecule has 0 fully saturated rings. The number of halogens is 1. The molecule has 160 valence electrons. The molecule has 0 atom stereocenters. The number of carbonyl (C=O) groups is 1. The van der Waals surface area contributed by atoms with Crippen molar-refractivity contribution in [1.82, 2.24) is 19.7 Å². The summed E-state index contributed by atoms with van der Waals surface area (Å²) in [6.45, 7) is 0.338. The highest BCUT2D eigenvalue weighted by Crippen LogP contribution is 2.36. The molecule has 0 spiro atoms. The molecule has 9 nitrogen and oxygen atoms in total. The number of hydrogen-bond donors (Lipinski definition) is 2. The van der Waals surface area contributed by atoms with Gasteiger partial charge < -0.3 is 11.1 Å². The third-order valence-corrected chi connectivity index (χ3v) is 5.31. The molecule has 2 amide bonds. The van der Waals surface area contributed by atoms with Gasteiger partial charge in [0.05, 0.1) is 17.9 Å². The molecule has 1 aliphatic rings. The number of urea groups is 1. The SMILES string of the molecule is Cn1cc(Nc2ncc3c(n2)N(c2cccc(N)c2)C(=O)N(c2ccccc2)C3)c(Cl)n1. The Bertz CT molecular complexity index is 1310. The zero-order valence-corrected chi connectivity index (χ0v) is 17.9. The lowest BCUT2D eigenvalue weighted by molar-refractivity contribution is 0.252. The van der Waals surface area contributed by atoms with Crippen LogP contribution in [-0.4, -0.2) is 25.8 Å². The standard InChI is InChI=1S/C22H19ClN8O/c1-29-13-18(19(23)28-29)26-21-25-11-14-12-30(16-7-3-2-4-8-16)22(32)31(20(14)27-21)17-9-5-6-15(24)10-17/h2-11,13H,12,24H2,1H3,(H,25,26,27). The lowest BCUT2D eigenvalue weighted by Crippen LogP contribution is -2.45. The molecular formula is C22H19ClN8O. The Labute approximate surface area is 189 Å². The van der Waals surface area contributed by atoms with E-state index < -0.39 is 0 Å². The van der Waals surface area contributed by atoms with E-state index in [0.29, 0.717) is 40.5 Å². The number of rotatable bonds is 4. The van der Waals surface area contributed by atoms with Crippen LogP contribution >= 0.6 is 11.6 Å². The van der Waals surface area contributed by atoms with Gasteiger partial charge in [-0.25, -0.2) is 14.7 Å². The van der Waals surface area contributed by atoms with Gasteiger partial charge in [-0.2, -0.15) is 10.1 Å². The first-order valence-corrected chi connectivity index (χ1v) is 10.2. The maximum absolute atomic E-state index is 13.6. The van der Waals surface area contributed by atoms with Gasteiger partial charge in [-0.3, -0.25) is 9.58 Å². The minimum Gasteiger partial charge on any atom is -0.399 e. The van der Waals surface area contributed by atoms with Crippen molar-refractivity contribution >= 4 is 52.1 Å². The average Bonchev–Trinajstić information content (AvgIpc) is 3.10. The number of benzene rings is 2. The average molecular weight is 447 g/mol. The van der Waals surface area contributed by atoms with Gasteiger partial charge in [-0.05, 0) is 30.3 Å². The van der Waals surface area contributed by atoms with Gasteiger partial charge >= 0.3 is 6.03 Å². The lowest BCUT2D eigenvalue weighted by Gasteiger charge is -2.36. The predicted molar refractivity (Wildman–Crippen MR) is 125 cm³/mol. The van der Waals surface area contributed by atoms with Crippen molar-refractivity contribution in [2.24, 2.45) is 7.05 Å². The Morgan fingerprint density at radius 1 is 1.09 bits per heavy atom. The van der Waals surface area contributed by atoms with Crippen molar-refractivity contribution in [3.05, 3.63) is 77.7 Å². The van der Waals surface area contributed by atoms with Crippen LogP contribution in [0.3, 0.4) is 0 Å². The van der Waals surface area contributed by atoms with E-state index in [1.54, 1.807) is 52.1 Å². The minimum absolute atomic E-state index is 0.238. The van der Waals surface area contributed by atoms with Crippen LogP contribution in [-0.2, 0) is 13.6 Å². The Morgan fingerprint density at radius 2 is 1.88 bits per heavy atom. The molecule has 32 heavy (non-hydrogen) atoms. The summed E-state index contributed by atoms with van der Waals surface area (Å²) in [6, 6.07) is 16.4. The summed E-state index contributed by atoms with van der Waals surface area (Å²) in [5.74, 6) is 0.777. The van der Waals surface area contributed by atoms with Crippen molar-refractivity contribution in [2.75, 3.05) is 20.9 Å². The molecule has 0 aliphatic carbocycles. The van der Waals surface area contributed by atoms with Gasteiger partial charge in [0.25, 0.3) is 0 Å². The number of hydrogen-bond acceptors (Lipinski definition) is 6. The summed E-state index contributed by atoms with van der Waals surface area (Å²) in [4.78, 5) is 25.9. The van der Waals surface area contributed by atoms with Gasteiger partial charge in [0, 0.05) is 36.4 Å². The normalized spacial score (nSPS) is 13.2. The highest BCUT2D eigenvalue weighted by atomic mass is 35.5. The number of para-hydroxylation sites is 1. The third kappa shape index (κ3) is 3.58. The molecule has 0 saturated carbocycles. The first kappa shape index (κ1) is 19.8. The van der Waals surface area contributed by atoms with Crippen LogP contribution in [0.25, 0.3) is 0 Å². The molecular weight excluding hydrogens is 428 g/mol. The van der Waals surface area contributed by atoms with E-state index in [4.69, 9.17) is 17.3 Å². The van der Waals surface area contributed by atoms with E-state index in [1.165, 1.54) is 0 Å². The van der Waals surface area contributed by atoms with Crippen LogP contribution in [0.4, 0.5) is 39.3 Å².